The zero-order chi connectivity index (χ0) is 26.4. The van der Waals surface area contributed by atoms with Crippen molar-refractivity contribution in [3.63, 3.8) is 0 Å². The molecule has 9 heteroatoms. The van der Waals surface area contributed by atoms with Gasteiger partial charge in [-0.2, -0.15) is 0 Å². The molecule has 2 aliphatic heterocycles. The van der Waals surface area contributed by atoms with Crippen molar-refractivity contribution in [2.24, 2.45) is 10.5 Å². The third-order valence-electron chi connectivity index (χ3n) is 7.89. The number of rotatable bonds is 5. The van der Waals surface area contributed by atoms with Crippen molar-refractivity contribution >= 4 is 29.7 Å². The first-order chi connectivity index (χ1) is 17.7. The molecule has 1 aromatic heterocycles. The number of ketones is 1. The molecule has 1 atom stereocenters. The SMILES string of the molecule is CNc1nc(-c2cccc(C(=O)O)c2)ccc1C(=O)[N+]1(C(C)C)N=CC2=C1C(=O)CC1(CCNCC1)C2. The Hall–Kier alpha value is -3.69. The number of quaternary nitrogens is 1. The summed E-state index contributed by atoms with van der Waals surface area (Å²) in [5.74, 6) is -0.980. The summed E-state index contributed by atoms with van der Waals surface area (Å²) in [5, 5.41) is 20.5. The Kier molecular flexibility index (Phi) is 6.29. The number of carboxylic acids is 1. The molecular formula is C28H32N5O4+. The van der Waals surface area contributed by atoms with Gasteiger partial charge in [0.25, 0.3) is 0 Å². The molecule has 3 aliphatic rings. The topological polar surface area (TPSA) is 121 Å². The number of amides is 1. The average Bonchev–Trinajstić information content (AvgIpc) is 3.29. The summed E-state index contributed by atoms with van der Waals surface area (Å²) in [5.41, 5.74) is 2.95. The van der Waals surface area contributed by atoms with Crippen LogP contribution in [0.3, 0.4) is 0 Å². The van der Waals surface area contributed by atoms with Gasteiger partial charge < -0.3 is 15.7 Å². The van der Waals surface area contributed by atoms with Crippen LogP contribution in [0.4, 0.5) is 5.82 Å². The highest BCUT2D eigenvalue weighted by Gasteiger charge is 2.57. The number of Topliss-reactive ketones (excluding diaryl/α,β-unsaturated/α-hetero) is 1. The number of nitrogens with one attached hydrogen (secondary N) is 2. The normalized spacial score (nSPS) is 22.4. The number of nitrogens with zero attached hydrogens (tertiary/aromatic N) is 3. The zero-order valence-corrected chi connectivity index (χ0v) is 21.4. The van der Waals surface area contributed by atoms with Crippen LogP contribution in [0.2, 0.25) is 0 Å². The highest BCUT2D eigenvalue weighted by Crippen LogP contribution is 2.49. The minimum atomic E-state index is -1.02. The van der Waals surface area contributed by atoms with Crippen molar-refractivity contribution in [2.45, 2.75) is 45.6 Å². The lowest BCUT2D eigenvalue weighted by molar-refractivity contribution is -0.833. The number of allylic oxidation sites excluding steroid dienone is 2. The van der Waals surface area contributed by atoms with E-state index in [1.54, 1.807) is 43.6 Å². The molecule has 1 aliphatic carbocycles. The number of hydrogen-bond donors (Lipinski definition) is 3. The number of benzene rings is 1. The van der Waals surface area contributed by atoms with Gasteiger partial charge in [0.2, 0.25) is 11.5 Å². The molecule has 5 rings (SSSR count). The molecule has 1 fully saturated rings. The molecular weight excluding hydrogens is 470 g/mol. The van der Waals surface area contributed by atoms with Crippen molar-refractivity contribution in [1.82, 2.24) is 10.3 Å². The first-order valence-corrected chi connectivity index (χ1v) is 12.7. The first kappa shape index (κ1) is 25.0. The number of pyridine rings is 1. The molecule has 0 bridgehead atoms. The van der Waals surface area contributed by atoms with E-state index in [4.69, 9.17) is 5.10 Å². The number of carbonyl (C=O) groups is 3. The van der Waals surface area contributed by atoms with Gasteiger partial charge in [-0.25, -0.2) is 14.6 Å². The maximum Gasteiger partial charge on any atom is 0.381 e. The summed E-state index contributed by atoms with van der Waals surface area (Å²) in [6.07, 6.45) is 4.82. The number of hydrogen-bond acceptors (Lipinski definition) is 7. The number of carboxylic acid groups (broad SMARTS) is 1. The molecule has 9 nitrogen and oxygen atoms in total. The summed E-state index contributed by atoms with van der Waals surface area (Å²) in [4.78, 5) is 44.0. The number of anilines is 1. The Balaban J connectivity index is 1.55. The number of aromatic carboxylic acids is 1. The Morgan fingerprint density at radius 1 is 1.14 bits per heavy atom. The van der Waals surface area contributed by atoms with Gasteiger partial charge in [0, 0.05) is 24.6 Å². The number of carbonyl (C=O) groups excluding carboxylic acids is 2. The Morgan fingerprint density at radius 2 is 1.89 bits per heavy atom. The predicted octanol–water partition coefficient (Wildman–Crippen LogP) is 3.84. The van der Waals surface area contributed by atoms with Crippen LogP contribution in [0.1, 0.15) is 60.2 Å². The van der Waals surface area contributed by atoms with E-state index in [1.807, 2.05) is 13.8 Å². The second kappa shape index (κ2) is 9.32. The maximum absolute atomic E-state index is 14.3. The lowest BCUT2D eigenvalue weighted by atomic mass is 9.67. The van der Waals surface area contributed by atoms with Crippen molar-refractivity contribution < 1.29 is 24.1 Å². The van der Waals surface area contributed by atoms with Gasteiger partial charge in [0.1, 0.15) is 17.4 Å². The van der Waals surface area contributed by atoms with Crippen molar-refractivity contribution in [3.8, 4) is 11.3 Å². The standard InChI is InChI=1S/C28H31N5O4/c1-17(2)33(24-20(16-31-33)14-28(15-23(24)34)9-11-30-12-10-28)26(35)21-7-8-22(32-25(21)29-3)18-5-4-6-19(13-18)27(36)37/h4-8,13,16-17,30H,9-12,14-15H2,1-3H3,(H-,29,32,35,36,37)/p+1. The number of aromatic nitrogens is 1. The molecule has 1 spiro atoms. The van der Waals surface area contributed by atoms with Crippen LogP contribution < -0.4 is 10.6 Å². The fraction of sp³-hybridized carbons (Fsp3) is 0.393. The van der Waals surface area contributed by atoms with Crippen LogP contribution in [0.15, 0.2) is 52.8 Å². The van der Waals surface area contributed by atoms with E-state index in [0.29, 0.717) is 34.8 Å². The molecule has 0 saturated carbocycles. The van der Waals surface area contributed by atoms with E-state index in [1.165, 1.54) is 6.07 Å². The predicted molar refractivity (Wildman–Crippen MR) is 140 cm³/mol. The molecule has 1 saturated heterocycles. The highest BCUT2D eigenvalue weighted by atomic mass is 16.4. The summed E-state index contributed by atoms with van der Waals surface area (Å²) >= 11 is 0. The van der Waals surface area contributed by atoms with Crippen molar-refractivity contribution in [1.29, 1.82) is 0 Å². The zero-order valence-electron chi connectivity index (χ0n) is 21.4. The van der Waals surface area contributed by atoms with Crippen LogP contribution >= 0.6 is 0 Å². The van der Waals surface area contributed by atoms with Crippen LogP contribution in [0.5, 0.6) is 0 Å². The molecule has 37 heavy (non-hydrogen) atoms. The third-order valence-corrected chi connectivity index (χ3v) is 7.89. The van der Waals surface area contributed by atoms with E-state index in [2.05, 4.69) is 15.6 Å². The molecule has 3 heterocycles. The van der Waals surface area contributed by atoms with Gasteiger partial charge in [0.15, 0.2) is 0 Å². The van der Waals surface area contributed by atoms with Crippen molar-refractivity contribution in [3.05, 3.63) is 58.8 Å². The molecule has 1 aromatic carbocycles. The molecule has 3 N–H and O–H groups in total. The summed E-state index contributed by atoms with van der Waals surface area (Å²) < 4.78 is -0.396. The summed E-state index contributed by atoms with van der Waals surface area (Å²) in [7, 11) is 1.68. The summed E-state index contributed by atoms with van der Waals surface area (Å²) in [6.45, 7) is 5.61. The van der Waals surface area contributed by atoms with E-state index in [0.717, 1.165) is 37.9 Å². The van der Waals surface area contributed by atoms with Crippen LogP contribution in [-0.4, -0.2) is 64.7 Å². The Morgan fingerprint density at radius 3 is 2.57 bits per heavy atom. The lowest BCUT2D eigenvalue weighted by Gasteiger charge is -2.41. The molecule has 1 amide bonds. The first-order valence-electron chi connectivity index (χ1n) is 12.7. The Labute approximate surface area is 215 Å². The van der Waals surface area contributed by atoms with Gasteiger partial charge >= 0.3 is 11.9 Å². The van der Waals surface area contributed by atoms with Gasteiger partial charge in [-0.15, -0.1) is 0 Å². The fourth-order valence-electron chi connectivity index (χ4n) is 5.96. The van der Waals surface area contributed by atoms with Gasteiger partial charge in [-0.05, 0) is 75.9 Å². The van der Waals surface area contributed by atoms with Gasteiger partial charge in [-0.3, -0.25) is 4.79 Å². The van der Waals surface area contributed by atoms with Crippen LogP contribution in [0.25, 0.3) is 11.3 Å². The van der Waals surface area contributed by atoms with Gasteiger partial charge in [-0.1, -0.05) is 21.8 Å². The second-order valence-corrected chi connectivity index (χ2v) is 10.5. The molecule has 192 valence electrons. The average molecular weight is 503 g/mol. The number of piperidine rings is 1. The highest BCUT2D eigenvalue weighted by molar-refractivity contribution is 6.07. The minimum Gasteiger partial charge on any atom is -0.478 e. The largest absolute Gasteiger partial charge is 0.478 e. The molecule has 0 radical (unpaired) electrons. The monoisotopic (exact) mass is 502 g/mol. The quantitative estimate of drug-likeness (QED) is 0.531. The van der Waals surface area contributed by atoms with E-state index >= 15 is 0 Å². The van der Waals surface area contributed by atoms with Crippen molar-refractivity contribution in [2.75, 3.05) is 25.5 Å². The smallest absolute Gasteiger partial charge is 0.381 e. The summed E-state index contributed by atoms with van der Waals surface area (Å²) in [6, 6.07) is 9.60. The van der Waals surface area contributed by atoms with Gasteiger partial charge in [0.05, 0.1) is 17.5 Å². The second-order valence-electron chi connectivity index (χ2n) is 10.5. The van der Waals surface area contributed by atoms with E-state index < -0.39 is 10.6 Å². The van der Waals surface area contributed by atoms with E-state index in [9.17, 15) is 19.5 Å². The fourth-order valence-corrected chi connectivity index (χ4v) is 5.96. The van der Waals surface area contributed by atoms with Crippen LogP contribution in [-0.2, 0) is 4.79 Å². The van der Waals surface area contributed by atoms with E-state index in [-0.39, 0.29) is 28.7 Å². The molecule has 1 unspecified atom stereocenters. The van der Waals surface area contributed by atoms with Crippen LogP contribution in [0, 0.1) is 5.41 Å². The lowest BCUT2D eigenvalue weighted by Crippen LogP contribution is -2.54. The minimum absolute atomic E-state index is 0.00349. The molecule has 2 aromatic rings. The Bertz CT molecular complexity index is 1360. The third kappa shape index (κ3) is 4.08. The maximum atomic E-state index is 14.3.